The number of hydrogen-bond donors (Lipinski definition) is 2. The molecule has 1 aromatic heterocycles. The highest BCUT2D eigenvalue weighted by Crippen LogP contribution is 2.37. The molecule has 2 aromatic carbocycles. The van der Waals surface area contributed by atoms with Crippen LogP contribution >= 0.6 is 0 Å². The molecule has 0 saturated carbocycles. The summed E-state index contributed by atoms with van der Waals surface area (Å²) < 4.78 is 56.6. The number of esters is 1. The van der Waals surface area contributed by atoms with Crippen LogP contribution in [0, 0.1) is 0 Å². The van der Waals surface area contributed by atoms with Crippen molar-refractivity contribution in [2.24, 2.45) is 10.7 Å². The largest absolute Gasteiger partial charge is 0.493 e. The topological polar surface area (TPSA) is 149 Å². The number of nitrogens with zero attached hydrogens (tertiary/aromatic N) is 4. The molecule has 4 rings (SSSR count). The number of ether oxygens (including phenoxy) is 3. The highest BCUT2D eigenvalue weighted by molar-refractivity contribution is 5.99. The predicted octanol–water partition coefficient (Wildman–Crippen LogP) is 4.37. The number of carbonyl (C=O) groups is 3. The van der Waals surface area contributed by atoms with Gasteiger partial charge in [-0.15, -0.1) is 0 Å². The highest BCUT2D eigenvalue weighted by atomic mass is 19.4. The van der Waals surface area contributed by atoms with Crippen molar-refractivity contribution in [1.29, 1.82) is 0 Å². The summed E-state index contributed by atoms with van der Waals surface area (Å²) in [5.41, 5.74) is 9.08. The summed E-state index contributed by atoms with van der Waals surface area (Å²) in [6, 6.07) is 16.4. The number of methoxy groups -OCH3 is 1. The summed E-state index contributed by atoms with van der Waals surface area (Å²) >= 11 is 0. The summed E-state index contributed by atoms with van der Waals surface area (Å²) in [6.07, 6.45) is -2.59. The maximum atomic E-state index is 13.4. The first-order chi connectivity index (χ1) is 25.0. The Morgan fingerprint density at radius 3 is 2.40 bits per heavy atom. The minimum absolute atomic E-state index is 0.115. The fourth-order valence-electron chi connectivity index (χ4n) is 5.63. The molecule has 0 spiro atoms. The van der Waals surface area contributed by atoms with E-state index in [0.717, 1.165) is 23.1 Å². The normalized spacial score (nSPS) is 14.5. The maximum Gasteiger partial charge on any atom is 0.490 e. The van der Waals surface area contributed by atoms with Crippen molar-refractivity contribution >= 4 is 23.7 Å². The Morgan fingerprint density at radius 1 is 1.00 bits per heavy atom. The zero-order valence-electron chi connectivity index (χ0n) is 29.4. The first-order valence-corrected chi connectivity index (χ1v) is 17.1. The van der Waals surface area contributed by atoms with Crippen LogP contribution in [0.4, 0.5) is 13.2 Å². The van der Waals surface area contributed by atoms with Crippen molar-refractivity contribution in [2.75, 3.05) is 53.0 Å². The molecule has 1 atom stereocenters. The lowest BCUT2D eigenvalue weighted by Gasteiger charge is -2.35. The Bertz CT molecular complexity index is 1650. The van der Waals surface area contributed by atoms with Crippen LogP contribution < -0.4 is 15.8 Å². The Kier molecular flexibility index (Phi) is 14.9. The number of benzene rings is 2. The molecule has 0 aliphatic carbocycles. The Morgan fingerprint density at radius 2 is 1.75 bits per heavy atom. The SMILES string of the molecule is CCCCN=C(N)NC(=O)C(Cc1ccc(-c2ccccc2)c(CN2CCN(C(=O)c3cccnc3)CC2)c1OCCCOC)OC(=O)C(F)(F)F. The van der Waals surface area contributed by atoms with Gasteiger partial charge < -0.3 is 24.8 Å². The van der Waals surface area contributed by atoms with Gasteiger partial charge in [0.2, 0.25) is 0 Å². The smallest absolute Gasteiger partial charge is 0.490 e. The van der Waals surface area contributed by atoms with E-state index >= 15 is 0 Å². The van der Waals surface area contributed by atoms with Crippen LogP contribution in [0.1, 0.15) is 47.7 Å². The fourth-order valence-corrected chi connectivity index (χ4v) is 5.63. The number of guanidine groups is 1. The second-order valence-electron chi connectivity index (χ2n) is 12.2. The first kappa shape index (κ1) is 39.8. The molecule has 1 saturated heterocycles. The molecule has 1 unspecified atom stereocenters. The van der Waals surface area contributed by atoms with Gasteiger partial charge in [-0.25, -0.2) is 4.79 Å². The molecule has 1 aliphatic rings. The minimum Gasteiger partial charge on any atom is -0.493 e. The molecule has 3 N–H and O–H groups in total. The number of aromatic nitrogens is 1. The van der Waals surface area contributed by atoms with Gasteiger partial charge in [0.25, 0.3) is 11.8 Å². The zero-order valence-corrected chi connectivity index (χ0v) is 29.4. The molecular weight excluding hydrogens is 681 g/mol. The number of nitrogens with one attached hydrogen (secondary N) is 1. The fraction of sp³-hybridized carbons (Fsp3) is 0.432. The molecule has 52 heavy (non-hydrogen) atoms. The van der Waals surface area contributed by atoms with Crippen LogP contribution in [0.3, 0.4) is 0 Å². The first-order valence-electron chi connectivity index (χ1n) is 17.1. The standard InChI is InChI=1S/C37H45F3N6O6/c1-3-4-16-43-36(41)44-33(47)31(52-35(49)37(38,39)40)23-27-13-14-29(26-10-6-5-7-11-26)30(32(27)51-22-9-21-50-2)25-45-17-19-46(20-18-45)34(48)28-12-8-15-42-24-28/h5-8,10-15,24,31H,3-4,9,16-23,25H2,1-2H3,(H3,41,43,44,47). The molecule has 2 heterocycles. The maximum absolute atomic E-state index is 13.4. The van der Waals surface area contributed by atoms with Crippen LogP contribution in [0.5, 0.6) is 5.75 Å². The number of piperazine rings is 1. The summed E-state index contributed by atoms with van der Waals surface area (Å²) in [4.78, 5) is 50.5. The lowest BCUT2D eigenvalue weighted by Crippen LogP contribution is -2.48. The van der Waals surface area contributed by atoms with Gasteiger partial charge in [0.15, 0.2) is 12.1 Å². The number of pyridine rings is 1. The number of carbonyl (C=O) groups excluding carboxylic acids is 3. The van der Waals surface area contributed by atoms with Crippen molar-refractivity contribution in [3.05, 3.63) is 83.7 Å². The zero-order chi connectivity index (χ0) is 37.5. The van der Waals surface area contributed by atoms with E-state index in [-0.39, 0.29) is 18.5 Å². The van der Waals surface area contributed by atoms with Crippen LogP contribution in [0.2, 0.25) is 0 Å². The number of unbranched alkanes of at least 4 members (excludes halogenated alkanes) is 1. The molecular formula is C37H45F3N6O6. The predicted molar refractivity (Wildman–Crippen MR) is 188 cm³/mol. The Labute approximate surface area is 301 Å². The second kappa shape index (κ2) is 19.6. The van der Waals surface area contributed by atoms with E-state index in [1.165, 1.54) is 6.20 Å². The van der Waals surface area contributed by atoms with Gasteiger partial charge >= 0.3 is 12.1 Å². The number of halogens is 3. The van der Waals surface area contributed by atoms with Gasteiger partial charge in [-0.05, 0) is 35.2 Å². The molecule has 3 aromatic rings. The Balaban J connectivity index is 1.70. The van der Waals surface area contributed by atoms with E-state index in [0.29, 0.717) is 75.6 Å². The molecule has 0 bridgehead atoms. The van der Waals surface area contributed by atoms with E-state index < -0.39 is 30.6 Å². The molecule has 1 aliphatic heterocycles. The van der Waals surface area contributed by atoms with Crippen LogP contribution in [-0.2, 0) is 32.0 Å². The summed E-state index contributed by atoms with van der Waals surface area (Å²) in [6.45, 7) is 5.12. The monoisotopic (exact) mass is 726 g/mol. The number of hydrogen-bond acceptors (Lipinski definition) is 9. The van der Waals surface area contributed by atoms with E-state index in [4.69, 9.17) is 19.9 Å². The summed E-state index contributed by atoms with van der Waals surface area (Å²) in [7, 11) is 1.56. The third-order valence-electron chi connectivity index (χ3n) is 8.34. The van der Waals surface area contributed by atoms with E-state index in [1.54, 1.807) is 36.4 Å². The van der Waals surface area contributed by atoms with Crippen molar-refractivity contribution in [3.8, 4) is 16.9 Å². The van der Waals surface area contributed by atoms with Gasteiger partial charge in [0.05, 0.1) is 12.2 Å². The number of nitrogens with two attached hydrogens (primary N) is 1. The number of alkyl halides is 3. The third-order valence-corrected chi connectivity index (χ3v) is 8.34. The van der Waals surface area contributed by atoms with Crippen LogP contribution in [-0.4, -0.2) is 104 Å². The molecule has 1 fully saturated rings. The van der Waals surface area contributed by atoms with E-state index in [9.17, 15) is 27.6 Å². The van der Waals surface area contributed by atoms with E-state index in [1.807, 2.05) is 43.3 Å². The third kappa shape index (κ3) is 11.5. The second-order valence-corrected chi connectivity index (χ2v) is 12.2. The van der Waals surface area contributed by atoms with Crippen molar-refractivity contribution in [3.63, 3.8) is 0 Å². The lowest BCUT2D eigenvalue weighted by atomic mass is 9.93. The molecule has 15 heteroatoms. The molecule has 0 radical (unpaired) electrons. The molecule has 12 nitrogen and oxygen atoms in total. The highest BCUT2D eigenvalue weighted by Gasteiger charge is 2.43. The van der Waals surface area contributed by atoms with Crippen LogP contribution in [0.25, 0.3) is 11.1 Å². The average Bonchev–Trinajstić information content (AvgIpc) is 3.14. The van der Waals surface area contributed by atoms with Crippen molar-refractivity contribution < 1.29 is 41.8 Å². The minimum atomic E-state index is -5.35. The molecule has 2 amide bonds. The van der Waals surface area contributed by atoms with Gasteiger partial charge in [0.1, 0.15) is 5.75 Å². The number of aliphatic imine (C=N–C) groups is 1. The summed E-state index contributed by atoms with van der Waals surface area (Å²) in [5.74, 6) is -3.66. The van der Waals surface area contributed by atoms with Gasteiger partial charge in [-0.3, -0.25) is 29.8 Å². The molecule has 280 valence electrons. The van der Waals surface area contributed by atoms with Gasteiger partial charge in [-0.1, -0.05) is 55.8 Å². The number of amides is 2. The quantitative estimate of drug-likeness (QED) is 0.0951. The summed E-state index contributed by atoms with van der Waals surface area (Å²) in [5, 5.41) is 2.28. The van der Waals surface area contributed by atoms with Crippen molar-refractivity contribution in [2.45, 2.75) is 51.4 Å². The average molecular weight is 727 g/mol. The lowest BCUT2D eigenvalue weighted by molar-refractivity contribution is -0.205. The van der Waals surface area contributed by atoms with Gasteiger partial charge in [0, 0.05) is 83.8 Å². The van der Waals surface area contributed by atoms with Crippen molar-refractivity contribution in [1.82, 2.24) is 20.1 Å². The Hall–Kier alpha value is -5.02. The van der Waals surface area contributed by atoms with Crippen LogP contribution in [0.15, 0.2) is 72.0 Å². The van der Waals surface area contributed by atoms with Gasteiger partial charge in [-0.2, -0.15) is 13.2 Å². The number of rotatable bonds is 16. The van der Waals surface area contributed by atoms with E-state index in [2.05, 4.69) is 20.2 Å².